The van der Waals surface area contributed by atoms with Gasteiger partial charge in [0.1, 0.15) is 0 Å². The lowest BCUT2D eigenvalue weighted by Gasteiger charge is -2.14. The Bertz CT molecular complexity index is 306. The van der Waals surface area contributed by atoms with Crippen LogP contribution in [0.1, 0.15) is 31.7 Å². The van der Waals surface area contributed by atoms with Crippen LogP contribution in [0.3, 0.4) is 0 Å². The molecule has 1 nitrogen and oxygen atoms in total. The fraction of sp³-hybridized carbons (Fsp3) is 0.538. The van der Waals surface area contributed by atoms with Crippen molar-refractivity contribution in [3.05, 3.63) is 35.9 Å². The fourth-order valence-electron chi connectivity index (χ4n) is 2.39. The third-order valence-corrected chi connectivity index (χ3v) is 3.71. The van der Waals surface area contributed by atoms with Crippen LogP contribution in [-0.2, 0) is 0 Å². The second-order valence-corrected chi connectivity index (χ2v) is 4.82. The molecule has 1 fully saturated rings. The van der Waals surface area contributed by atoms with Crippen LogP contribution in [0.2, 0.25) is 0 Å². The summed E-state index contributed by atoms with van der Waals surface area (Å²) in [4.78, 5) is 0. The highest BCUT2D eigenvalue weighted by Gasteiger charge is 2.52. The molecule has 1 aromatic rings. The Labute approximate surface area is 85.8 Å². The predicted molar refractivity (Wildman–Crippen MR) is 58.2 cm³/mol. The first kappa shape index (κ1) is 9.72. The number of aliphatic hydroxyl groups excluding tert-OH is 1. The highest BCUT2D eigenvalue weighted by Crippen LogP contribution is 2.58. The number of hydrogen-bond donors (Lipinski definition) is 1. The third kappa shape index (κ3) is 1.57. The molecule has 0 saturated heterocycles. The van der Waals surface area contributed by atoms with Gasteiger partial charge in [0.15, 0.2) is 0 Å². The maximum absolute atomic E-state index is 9.23. The van der Waals surface area contributed by atoms with Gasteiger partial charge in [0.05, 0.1) is 0 Å². The van der Waals surface area contributed by atoms with Crippen LogP contribution in [0.15, 0.2) is 30.3 Å². The van der Waals surface area contributed by atoms with E-state index in [1.807, 2.05) is 6.07 Å². The summed E-state index contributed by atoms with van der Waals surface area (Å²) in [6.07, 6.45) is 1.17. The van der Waals surface area contributed by atoms with Crippen LogP contribution in [0.5, 0.6) is 0 Å². The smallest absolute Gasteiger partial charge is 0.0487 e. The predicted octanol–water partition coefficient (Wildman–Crippen LogP) is 2.81. The highest BCUT2D eigenvalue weighted by molar-refractivity contribution is 5.23. The van der Waals surface area contributed by atoms with Gasteiger partial charge in [-0.05, 0) is 29.2 Å². The van der Waals surface area contributed by atoms with Crippen molar-refractivity contribution in [1.82, 2.24) is 0 Å². The first-order valence-corrected chi connectivity index (χ1v) is 5.33. The molecule has 0 heterocycles. The van der Waals surface area contributed by atoms with Gasteiger partial charge in [0.2, 0.25) is 0 Å². The molecule has 1 aromatic carbocycles. The van der Waals surface area contributed by atoms with E-state index < -0.39 is 0 Å². The summed E-state index contributed by atoms with van der Waals surface area (Å²) in [6, 6.07) is 10.6. The Kier molecular flexibility index (Phi) is 2.36. The summed E-state index contributed by atoms with van der Waals surface area (Å²) >= 11 is 0. The van der Waals surface area contributed by atoms with E-state index in [2.05, 4.69) is 38.1 Å². The van der Waals surface area contributed by atoms with Crippen LogP contribution in [0, 0.1) is 11.3 Å². The van der Waals surface area contributed by atoms with Gasteiger partial charge in [0, 0.05) is 6.61 Å². The number of rotatable bonds is 3. The molecule has 76 valence electrons. The van der Waals surface area contributed by atoms with E-state index in [-0.39, 0.29) is 5.41 Å². The lowest BCUT2D eigenvalue weighted by Crippen LogP contribution is -2.08. The van der Waals surface area contributed by atoms with Crippen molar-refractivity contribution in [2.75, 3.05) is 6.61 Å². The molecule has 1 N–H and O–H groups in total. The summed E-state index contributed by atoms with van der Waals surface area (Å²) in [5.41, 5.74) is 1.59. The molecular formula is C13H18O. The van der Waals surface area contributed by atoms with E-state index >= 15 is 0 Å². The monoisotopic (exact) mass is 190 g/mol. The largest absolute Gasteiger partial charge is 0.396 e. The van der Waals surface area contributed by atoms with E-state index in [0.29, 0.717) is 18.4 Å². The maximum Gasteiger partial charge on any atom is 0.0487 e. The molecule has 0 bridgehead atoms. The molecule has 2 unspecified atom stereocenters. The quantitative estimate of drug-likeness (QED) is 0.777. The van der Waals surface area contributed by atoms with Crippen LogP contribution in [0.25, 0.3) is 0 Å². The van der Waals surface area contributed by atoms with Gasteiger partial charge in [-0.25, -0.2) is 0 Å². The summed E-state index contributed by atoms with van der Waals surface area (Å²) in [6.45, 7) is 4.77. The Morgan fingerprint density at radius 3 is 2.57 bits per heavy atom. The zero-order valence-corrected chi connectivity index (χ0v) is 8.90. The molecule has 0 aliphatic heterocycles. The van der Waals surface area contributed by atoms with Crippen LogP contribution in [0.4, 0.5) is 0 Å². The molecule has 1 heteroatoms. The molecule has 0 aromatic heterocycles. The molecule has 1 aliphatic carbocycles. The number of aliphatic hydroxyl groups is 1. The van der Waals surface area contributed by atoms with Gasteiger partial charge in [-0.1, -0.05) is 44.2 Å². The van der Waals surface area contributed by atoms with Crippen molar-refractivity contribution < 1.29 is 5.11 Å². The zero-order chi connectivity index (χ0) is 10.2. The summed E-state index contributed by atoms with van der Waals surface area (Å²) in [5, 5.41) is 9.23. The van der Waals surface area contributed by atoms with E-state index in [1.54, 1.807) is 0 Å². The lowest BCUT2D eigenvalue weighted by atomic mass is 9.91. The normalized spacial score (nSPS) is 32.6. The van der Waals surface area contributed by atoms with E-state index in [9.17, 15) is 5.11 Å². The van der Waals surface area contributed by atoms with Crippen LogP contribution in [-0.4, -0.2) is 11.7 Å². The summed E-state index contributed by atoms with van der Waals surface area (Å²) < 4.78 is 0. The van der Waals surface area contributed by atoms with Crippen molar-refractivity contribution >= 4 is 0 Å². The average molecular weight is 190 g/mol. The van der Waals surface area contributed by atoms with Gasteiger partial charge in [0.25, 0.3) is 0 Å². The fourth-order valence-corrected chi connectivity index (χ4v) is 2.39. The Morgan fingerprint density at radius 2 is 2.07 bits per heavy atom. The lowest BCUT2D eigenvalue weighted by molar-refractivity contribution is 0.207. The topological polar surface area (TPSA) is 20.2 Å². The van der Waals surface area contributed by atoms with Gasteiger partial charge in [-0.3, -0.25) is 0 Å². The highest BCUT2D eigenvalue weighted by atomic mass is 16.3. The van der Waals surface area contributed by atoms with Crippen LogP contribution >= 0.6 is 0 Å². The second-order valence-electron chi connectivity index (χ2n) is 4.82. The minimum absolute atomic E-state index is 0.190. The van der Waals surface area contributed by atoms with E-state index in [1.165, 1.54) is 12.0 Å². The number of hydrogen-bond acceptors (Lipinski definition) is 1. The molecular weight excluding hydrogens is 172 g/mol. The Morgan fingerprint density at radius 1 is 1.43 bits per heavy atom. The first-order chi connectivity index (χ1) is 6.67. The minimum atomic E-state index is 0.190. The molecule has 1 aliphatic rings. The zero-order valence-electron chi connectivity index (χ0n) is 8.90. The summed E-state index contributed by atoms with van der Waals surface area (Å²) in [5.74, 6) is 1.24. The van der Waals surface area contributed by atoms with Crippen molar-refractivity contribution in [2.24, 2.45) is 11.3 Å². The maximum atomic E-state index is 9.23. The minimum Gasteiger partial charge on any atom is -0.396 e. The summed E-state index contributed by atoms with van der Waals surface area (Å²) in [7, 11) is 0. The van der Waals surface area contributed by atoms with Crippen LogP contribution < -0.4 is 0 Å². The molecule has 0 radical (unpaired) electrons. The van der Waals surface area contributed by atoms with E-state index in [0.717, 1.165) is 0 Å². The SMILES string of the molecule is CC(c1ccccc1)C1C[C@@]1(C)CO. The van der Waals surface area contributed by atoms with Crippen molar-refractivity contribution in [3.63, 3.8) is 0 Å². The van der Waals surface area contributed by atoms with Gasteiger partial charge in [-0.15, -0.1) is 0 Å². The molecule has 2 rings (SSSR count). The molecule has 3 atom stereocenters. The van der Waals surface area contributed by atoms with Gasteiger partial charge >= 0.3 is 0 Å². The standard InChI is InChI=1S/C13H18O/c1-10(11-6-4-3-5-7-11)12-8-13(12,2)9-14/h3-7,10,12,14H,8-9H2,1-2H3/t10?,12?,13-/m0/s1. The number of benzene rings is 1. The van der Waals surface area contributed by atoms with E-state index in [4.69, 9.17) is 0 Å². The second kappa shape index (κ2) is 3.39. The Balaban J connectivity index is 2.08. The third-order valence-electron chi connectivity index (χ3n) is 3.71. The van der Waals surface area contributed by atoms with Crippen molar-refractivity contribution in [2.45, 2.75) is 26.2 Å². The van der Waals surface area contributed by atoms with Gasteiger partial charge in [-0.2, -0.15) is 0 Å². The van der Waals surface area contributed by atoms with Crippen molar-refractivity contribution in [3.8, 4) is 0 Å². The Hall–Kier alpha value is -0.820. The van der Waals surface area contributed by atoms with Crippen molar-refractivity contribution in [1.29, 1.82) is 0 Å². The molecule has 0 spiro atoms. The molecule has 0 amide bonds. The first-order valence-electron chi connectivity index (χ1n) is 5.33. The molecule has 14 heavy (non-hydrogen) atoms. The van der Waals surface area contributed by atoms with Gasteiger partial charge < -0.3 is 5.11 Å². The average Bonchev–Trinajstić information content (AvgIpc) is 2.92. The molecule has 1 saturated carbocycles.